The third-order valence-corrected chi connectivity index (χ3v) is 5.62. The molecule has 4 aromatic rings. The Balaban J connectivity index is 1.40. The Morgan fingerprint density at radius 2 is 1.82 bits per heavy atom. The Hall–Kier alpha value is -3.06. The second-order valence-corrected chi connectivity index (χ2v) is 7.36. The Labute approximate surface area is 163 Å². The van der Waals surface area contributed by atoms with Crippen LogP contribution in [0.2, 0.25) is 0 Å². The number of fused-ring (bicyclic) bond motifs is 2. The molecule has 7 heteroatoms. The Bertz CT molecular complexity index is 1110. The van der Waals surface area contributed by atoms with Crippen molar-refractivity contribution in [2.75, 3.05) is 12.4 Å². The molecule has 0 saturated heterocycles. The molecular weight excluding hydrogens is 350 g/mol. The first-order valence-corrected chi connectivity index (χ1v) is 9.80. The van der Waals surface area contributed by atoms with Crippen LogP contribution >= 0.6 is 0 Å². The lowest BCUT2D eigenvalue weighted by atomic mass is 9.91. The number of hydrogen-bond donors (Lipinski definition) is 2. The number of anilines is 1. The normalized spacial score (nSPS) is 19.9. The molecule has 1 aliphatic carbocycles. The molecule has 2 N–H and O–H groups in total. The van der Waals surface area contributed by atoms with Crippen molar-refractivity contribution in [1.29, 1.82) is 0 Å². The summed E-state index contributed by atoms with van der Waals surface area (Å²) in [7, 11) is 2.04. The van der Waals surface area contributed by atoms with Crippen molar-refractivity contribution in [3.63, 3.8) is 0 Å². The van der Waals surface area contributed by atoms with Crippen molar-refractivity contribution in [3.8, 4) is 11.3 Å². The standard InChI is InChI=1S/C21H23N7/c1-22-14-4-6-15(7-5-14)25-21-24-13-20-16(10-12-28(20)27-21)17-8-9-18-19(26-17)3-2-11-23-18/h2-3,8-15,22H,4-7H2,1H3,(H,25,27)/t14-,15+. The molecule has 0 bridgehead atoms. The number of aromatic nitrogens is 5. The predicted molar refractivity (Wildman–Crippen MR) is 110 cm³/mol. The lowest BCUT2D eigenvalue weighted by Gasteiger charge is -2.28. The van der Waals surface area contributed by atoms with E-state index >= 15 is 0 Å². The number of pyridine rings is 2. The highest BCUT2D eigenvalue weighted by Crippen LogP contribution is 2.26. The lowest BCUT2D eigenvalue weighted by Crippen LogP contribution is -2.35. The van der Waals surface area contributed by atoms with E-state index < -0.39 is 0 Å². The van der Waals surface area contributed by atoms with E-state index in [9.17, 15) is 0 Å². The van der Waals surface area contributed by atoms with Crippen LogP contribution in [-0.4, -0.2) is 43.7 Å². The maximum Gasteiger partial charge on any atom is 0.241 e. The van der Waals surface area contributed by atoms with Crippen LogP contribution in [0, 0.1) is 0 Å². The van der Waals surface area contributed by atoms with Crippen LogP contribution in [0.15, 0.2) is 48.9 Å². The summed E-state index contributed by atoms with van der Waals surface area (Å²) in [6.07, 6.45) is 10.3. The van der Waals surface area contributed by atoms with Gasteiger partial charge in [-0.25, -0.2) is 14.5 Å². The minimum absolute atomic E-state index is 0.437. The molecule has 0 radical (unpaired) electrons. The van der Waals surface area contributed by atoms with Crippen molar-refractivity contribution >= 4 is 22.5 Å². The van der Waals surface area contributed by atoms with Crippen LogP contribution in [-0.2, 0) is 0 Å². The van der Waals surface area contributed by atoms with Gasteiger partial charge in [-0.3, -0.25) is 4.98 Å². The molecule has 7 nitrogen and oxygen atoms in total. The molecule has 0 aromatic carbocycles. The van der Waals surface area contributed by atoms with Crippen molar-refractivity contribution < 1.29 is 0 Å². The molecule has 4 heterocycles. The van der Waals surface area contributed by atoms with Crippen LogP contribution in [0.5, 0.6) is 0 Å². The Morgan fingerprint density at radius 1 is 0.964 bits per heavy atom. The zero-order valence-corrected chi connectivity index (χ0v) is 15.8. The van der Waals surface area contributed by atoms with Crippen molar-refractivity contribution in [2.45, 2.75) is 37.8 Å². The first-order chi connectivity index (χ1) is 13.8. The van der Waals surface area contributed by atoms with E-state index in [4.69, 9.17) is 4.98 Å². The molecule has 4 aromatic heterocycles. The van der Waals surface area contributed by atoms with Gasteiger partial charge in [-0.15, -0.1) is 5.10 Å². The fourth-order valence-electron chi connectivity index (χ4n) is 4.00. The molecule has 0 unspecified atom stereocenters. The maximum atomic E-state index is 4.75. The molecule has 5 rings (SSSR count). The molecular formula is C21H23N7. The minimum atomic E-state index is 0.437. The fourth-order valence-corrected chi connectivity index (χ4v) is 4.00. The summed E-state index contributed by atoms with van der Waals surface area (Å²) in [4.78, 5) is 13.6. The monoisotopic (exact) mass is 373 g/mol. The molecule has 0 atom stereocenters. The Kier molecular flexibility index (Phi) is 4.37. The van der Waals surface area contributed by atoms with Crippen molar-refractivity contribution in [2.24, 2.45) is 0 Å². The summed E-state index contributed by atoms with van der Waals surface area (Å²) in [6, 6.07) is 11.0. The molecule has 142 valence electrons. The average Bonchev–Trinajstić information content (AvgIpc) is 3.17. The maximum absolute atomic E-state index is 4.75. The van der Waals surface area contributed by atoms with Gasteiger partial charge in [-0.2, -0.15) is 0 Å². The topological polar surface area (TPSA) is 80.0 Å². The highest BCUT2D eigenvalue weighted by Gasteiger charge is 2.20. The van der Waals surface area contributed by atoms with Gasteiger partial charge in [0.1, 0.15) is 0 Å². The first kappa shape index (κ1) is 17.1. The summed E-state index contributed by atoms with van der Waals surface area (Å²) in [5.41, 5.74) is 4.64. The predicted octanol–water partition coefficient (Wildman–Crippen LogP) is 3.28. The number of nitrogens with zero attached hydrogens (tertiary/aromatic N) is 5. The quantitative estimate of drug-likeness (QED) is 0.571. The average molecular weight is 373 g/mol. The van der Waals surface area contributed by atoms with Gasteiger partial charge in [0.2, 0.25) is 5.95 Å². The van der Waals surface area contributed by atoms with E-state index in [1.807, 2.05) is 54.3 Å². The smallest absolute Gasteiger partial charge is 0.241 e. The first-order valence-electron chi connectivity index (χ1n) is 9.80. The van der Waals surface area contributed by atoms with Crippen LogP contribution in [0.4, 0.5) is 5.95 Å². The van der Waals surface area contributed by atoms with Crippen LogP contribution in [0.3, 0.4) is 0 Å². The van der Waals surface area contributed by atoms with Gasteiger partial charge in [0, 0.05) is 30.0 Å². The van der Waals surface area contributed by atoms with E-state index in [0.717, 1.165) is 40.6 Å². The van der Waals surface area contributed by atoms with Crippen LogP contribution in [0.25, 0.3) is 27.8 Å². The molecule has 0 amide bonds. The largest absolute Gasteiger partial charge is 0.350 e. The number of nitrogens with one attached hydrogen (secondary N) is 2. The van der Waals surface area contributed by atoms with Gasteiger partial charge >= 0.3 is 0 Å². The van der Waals surface area contributed by atoms with Gasteiger partial charge in [0.25, 0.3) is 0 Å². The second kappa shape index (κ2) is 7.16. The van der Waals surface area contributed by atoms with Gasteiger partial charge in [-0.1, -0.05) is 0 Å². The summed E-state index contributed by atoms with van der Waals surface area (Å²) < 4.78 is 1.87. The summed E-state index contributed by atoms with van der Waals surface area (Å²) >= 11 is 0. The van der Waals surface area contributed by atoms with Gasteiger partial charge in [0.15, 0.2) is 0 Å². The van der Waals surface area contributed by atoms with E-state index in [1.54, 1.807) is 6.20 Å². The van der Waals surface area contributed by atoms with Crippen molar-refractivity contribution in [1.82, 2.24) is 29.9 Å². The van der Waals surface area contributed by atoms with E-state index in [1.165, 1.54) is 12.8 Å². The zero-order chi connectivity index (χ0) is 18.9. The molecule has 1 fully saturated rings. The van der Waals surface area contributed by atoms with Crippen LogP contribution < -0.4 is 10.6 Å². The van der Waals surface area contributed by atoms with Gasteiger partial charge in [-0.05, 0) is 63.1 Å². The lowest BCUT2D eigenvalue weighted by molar-refractivity contribution is 0.370. The third kappa shape index (κ3) is 3.18. The highest BCUT2D eigenvalue weighted by molar-refractivity contribution is 5.83. The third-order valence-electron chi connectivity index (χ3n) is 5.62. The molecule has 0 aliphatic heterocycles. The molecule has 28 heavy (non-hydrogen) atoms. The van der Waals surface area contributed by atoms with Crippen LogP contribution in [0.1, 0.15) is 25.7 Å². The molecule has 1 saturated carbocycles. The SMILES string of the molecule is CN[C@H]1CC[C@@H](Nc2ncc3c(-c4ccc5ncccc5n4)ccn3n2)CC1. The zero-order valence-electron chi connectivity index (χ0n) is 15.8. The Morgan fingerprint density at radius 3 is 2.68 bits per heavy atom. The minimum Gasteiger partial charge on any atom is -0.350 e. The van der Waals surface area contributed by atoms with Gasteiger partial charge < -0.3 is 10.6 Å². The number of hydrogen-bond acceptors (Lipinski definition) is 6. The summed E-state index contributed by atoms with van der Waals surface area (Å²) in [5, 5.41) is 11.5. The summed E-state index contributed by atoms with van der Waals surface area (Å²) in [5.74, 6) is 0.679. The second-order valence-electron chi connectivity index (χ2n) is 7.36. The number of rotatable bonds is 4. The van der Waals surface area contributed by atoms with Gasteiger partial charge in [0.05, 0.1) is 28.4 Å². The highest BCUT2D eigenvalue weighted by atomic mass is 15.3. The molecule has 1 aliphatic rings. The van der Waals surface area contributed by atoms with E-state index in [2.05, 4.69) is 25.7 Å². The van der Waals surface area contributed by atoms with E-state index in [-0.39, 0.29) is 0 Å². The molecule has 0 spiro atoms. The summed E-state index contributed by atoms with van der Waals surface area (Å²) in [6.45, 7) is 0. The fraction of sp³-hybridized carbons (Fsp3) is 0.333. The van der Waals surface area contributed by atoms with Crippen molar-refractivity contribution in [3.05, 3.63) is 48.9 Å². The van der Waals surface area contributed by atoms with E-state index in [0.29, 0.717) is 18.0 Å².